The molecule has 2 rings (SSSR count). The SMILES string of the molecule is Cc1ccccc1-c1cccc(/C(N)=C(\C#N)NN)c1. The molecule has 4 heteroatoms. The Hall–Kier alpha value is -2.77. The van der Waals surface area contributed by atoms with E-state index in [0.717, 1.165) is 16.7 Å². The van der Waals surface area contributed by atoms with Crippen molar-refractivity contribution in [3.8, 4) is 17.2 Å². The summed E-state index contributed by atoms with van der Waals surface area (Å²) in [6.45, 7) is 2.06. The predicted octanol–water partition coefficient (Wildman–Crippen LogP) is 2.28. The maximum Gasteiger partial charge on any atom is 0.151 e. The zero-order valence-corrected chi connectivity index (χ0v) is 11.2. The fraction of sp³-hybridized carbons (Fsp3) is 0.0625. The van der Waals surface area contributed by atoms with Crippen LogP contribution < -0.4 is 17.0 Å². The molecule has 0 aliphatic carbocycles. The third-order valence-corrected chi connectivity index (χ3v) is 3.16. The van der Waals surface area contributed by atoms with Gasteiger partial charge in [0.2, 0.25) is 0 Å². The Balaban J connectivity index is 2.52. The molecule has 0 amide bonds. The number of aryl methyl sites for hydroxylation is 1. The highest BCUT2D eigenvalue weighted by Crippen LogP contribution is 2.25. The summed E-state index contributed by atoms with van der Waals surface area (Å²) in [5.41, 5.74) is 12.9. The minimum atomic E-state index is 0.159. The highest BCUT2D eigenvalue weighted by molar-refractivity contribution is 5.75. The van der Waals surface area contributed by atoms with Gasteiger partial charge >= 0.3 is 0 Å². The van der Waals surface area contributed by atoms with E-state index in [1.165, 1.54) is 5.56 Å². The molecule has 4 nitrogen and oxygen atoms in total. The van der Waals surface area contributed by atoms with Crippen LogP contribution in [0.2, 0.25) is 0 Å². The van der Waals surface area contributed by atoms with Crippen LogP contribution in [0.3, 0.4) is 0 Å². The summed E-state index contributed by atoms with van der Waals surface area (Å²) >= 11 is 0. The van der Waals surface area contributed by atoms with E-state index >= 15 is 0 Å². The average Bonchev–Trinajstić information content (AvgIpc) is 2.49. The second kappa shape index (κ2) is 5.91. The lowest BCUT2D eigenvalue weighted by molar-refractivity contribution is 0.920. The summed E-state index contributed by atoms with van der Waals surface area (Å²) in [5, 5.41) is 8.96. The minimum Gasteiger partial charge on any atom is -0.396 e. The van der Waals surface area contributed by atoms with Crippen molar-refractivity contribution >= 4 is 5.70 Å². The number of hydrogen-bond acceptors (Lipinski definition) is 4. The summed E-state index contributed by atoms with van der Waals surface area (Å²) in [4.78, 5) is 0. The van der Waals surface area contributed by atoms with Gasteiger partial charge in [-0.05, 0) is 29.7 Å². The first-order valence-corrected chi connectivity index (χ1v) is 6.20. The summed E-state index contributed by atoms with van der Waals surface area (Å²) in [7, 11) is 0. The van der Waals surface area contributed by atoms with Gasteiger partial charge in [-0.1, -0.05) is 42.5 Å². The van der Waals surface area contributed by atoms with Gasteiger partial charge in [0.1, 0.15) is 6.07 Å². The Kier molecular flexibility index (Phi) is 4.04. The van der Waals surface area contributed by atoms with E-state index in [4.69, 9.17) is 16.8 Å². The van der Waals surface area contributed by atoms with Crippen LogP contribution >= 0.6 is 0 Å². The molecule has 0 saturated heterocycles. The smallest absolute Gasteiger partial charge is 0.151 e. The number of rotatable bonds is 3. The maximum atomic E-state index is 8.96. The first-order chi connectivity index (χ1) is 9.67. The molecule has 0 spiro atoms. The number of allylic oxidation sites excluding steroid dienone is 1. The first-order valence-electron chi connectivity index (χ1n) is 6.20. The standard InChI is InChI=1S/C16H16N4/c1-11-5-2-3-8-14(11)12-6-4-7-13(9-12)16(18)15(10-17)20-19/h2-9,20H,18-19H2,1H3/b16-15-. The van der Waals surface area contributed by atoms with Crippen molar-refractivity contribution in [2.24, 2.45) is 11.6 Å². The molecule has 0 unspecified atom stereocenters. The second-order valence-corrected chi connectivity index (χ2v) is 4.44. The van der Waals surface area contributed by atoms with Gasteiger partial charge in [-0.2, -0.15) is 5.26 Å². The number of nitrogens with zero attached hydrogens (tertiary/aromatic N) is 1. The van der Waals surface area contributed by atoms with Crippen molar-refractivity contribution in [1.82, 2.24) is 5.43 Å². The Labute approximate surface area is 118 Å². The van der Waals surface area contributed by atoms with Gasteiger partial charge in [-0.15, -0.1) is 0 Å². The molecule has 0 aliphatic rings. The van der Waals surface area contributed by atoms with Crippen molar-refractivity contribution in [3.05, 3.63) is 65.4 Å². The number of nitrogens with one attached hydrogen (secondary N) is 1. The molecule has 100 valence electrons. The highest BCUT2D eigenvalue weighted by atomic mass is 15.2. The van der Waals surface area contributed by atoms with Crippen molar-refractivity contribution in [1.29, 1.82) is 5.26 Å². The zero-order valence-electron chi connectivity index (χ0n) is 11.2. The summed E-state index contributed by atoms with van der Waals surface area (Å²) in [5.74, 6) is 5.28. The fourth-order valence-corrected chi connectivity index (χ4v) is 2.07. The van der Waals surface area contributed by atoms with Crippen molar-refractivity contribution < 1.29 is 0 Å². The van der Waals surface area contributed by atoms with Gasteiger partial charge < -0.3 is 11.2 Å². The van der Waals surface area contributed by atoms with E-state index in [9.17, 15) is 0 Å². The first kappa shape index (κ1) is 13.7. The van der Waals surface area contributed by atoms with E-state index in [1.54, 1.807) is 0 Å². The number of hydrogen-bond donors (Lipinski definition) is 3. The molecule has 0 saturated carbocycles. The molecule has 2 aromatic carbocycles. The van der Waals surface area contributed by atoms with E-state index in [2.05, 4.69) is 24.5 Å². The van der Waals surface area contributed by atoms with Crippen LogP contribution in [-0.4, -0.2) is 0 Å². The van der Waals surface area contributed by atoms with Crippen LogP contribution in [0.1, 0.15) is 11.1 Å². The van der Waals surface area contributed by atoms with Crippen LogP contribution in [-0.2, 0) is 0 Å². The molecule has 0 aromatic heterocycles. The molecule has 0 fully saturated rings. The predicted molar refractivity (Wildman–Crippen MR) is 80.7 cm³/mol. The molecule has 5 N–H and O–H groups in total. The largest absolute Gasteiger partial charge is 0.396 e. The molecular weight excluding hydrogens is 248 g/mol. The Bertz CT molecular complexity index is 696. The Morgan fingerprint density at radius 3 is 2.55 bits per heavy atom. The number of benzene rings is 2. The monoisotopic (exact) mass is 264 g/mol. The maximum absolute atomic E-state index is 8.96. The molecule has 0 bridgehead atoms. The van der Waals surface area contributed by atoms with Gasteiger partial charge in [0, 0.05) is 5.56 Å². The van der Waals surface area contributed by atoms with Gasteiger partial charge in [-0.3, -0.25) is 0 Å². The van der Waals surface area contributed by atoms with Gasteiger partial charge in [0.05, 0.1) is 5.70 Å². The molecular formula is C16H16N4. The summed E-state index contributed by atoms with van der Waals surface area (Å²) < 4.78 is 0. The lowest BCUT2D eigenvalue weighted by atomic mass is 9.98. The van der Waals surface area contributed by atoms with Crippen molar-refractivity contribution in [3.63, 3.8) is 0 Å². The average molecular weight is 264 g/mol. The number of nitrogens with two attached hydrogens (primary N) is 2. The van der Waals surface area contributed by atoms with E-state index < -0.39 is 0 Å². The van der Waals surface area contributed by atoms with Crippen molar-refractivity contribution in [2.75, 3.05) is 0 Å². The third-order valence-electron chi connectivity index (χ3n) is 3.16. The second-order valence-electron chi connectivity index (χ2n) is 4.44. The Morgan fingerprint density at radius 2 is 1.90 bits per heavy atom. The molecule has 0 aliphatic heterocycles. The quantitative estimate of drug-likeness (QED) is 0.451. The highest BCUT2D eigenvalue weighted by Gasteiger charge is 2.07. The molecule has 0 heterocycles. The van der Waals surface area contributed by atoms with Crippen LogP contribution in [0.4, 0.5) is 0 Å². The molecule has 20 heavy (non-hydrogen) atoms. The van der Waals surface area contributed by atoms with Crippen LogP contribution in [0.15, 0.2) is 54.2 Å². The summed E-state index contributed by atoms with van der Waals surface area (Å²) in [6.07, 6.45) is 0. The normalized spacial score (nSPS) is 11.4. The van der Waals surface area contributed by atoms with Crippen LogP contribution in [0.5, 0.6) is 0 Å². The number of hydrazine groups is 1. The fourth-order valence-electron chi connectivity index (χ4n) is 2.07. The van der Waals surface area contributed by atoms with E-state index in [0.29, 0.717) is 5.70 Å². The topological polar surface area (TPSA) is 87.9 Å². The lowest BCUT2D eigenvalue weighted by Crippen LogP contribution is -2.23. The van der Waals surface area contributed by atoms with E-state index in [-0.39, 0.29) is 5.70 Å². The number of nitriles is 1. The van der Waals surface area contributed by atoms with Gasteiger partial charge in [0.25, 0.3) is 0 Å². The van der Waals surface area contributed by atoms with Gasteiger partial charge in [-0.25, -0.2) is 5.84 Å². The third kappa shape index (κ3) is 2.63. The molecule has 2 aromatic rings. The Morgan fingerprint density at radius 1 is 1.15 bits per heavy atom. The zero-order chi connectivity index (χ0) is 14.5. The minimum absolute atomic E-state index is 0.159. The van der Waals surface area contributed by atoms with Gasteiger partial charge in [0.15, 0.2) is 5.70 Å². The molecule has 0 radical (unpaired) electrons. The van der Waals surface area contributed by atoms with Crippen molar-refractivity contribution in [2.45, 2.75) is 6.92 Å². The van der Waals surface area contributed by atoms with Crippen LogP contribution in [0, 0.1) is 18.3 Å². The van der Waals surface area contributed by atoms with Crippen LogP contribution in [0.25, 0.3) is 16.8 Å². The molecule has 0 atom stereocenters. The van der Waals surface area contributed by atoms with E-state index in [1.807, 2.05) is 42.5 Å². The summed E-state index contributed by atoms with van der Waals surface area (Å²) in [6, 6.07) is 17.8. The lowest BCUT2D eigenvalue weighted by Gasteiger charge is -2.09.